The van der Waals surface area contributed by atoms with E-state index in [1.165, 1.54) is 25.3 Å². The van der Waals surface area contributed by atoms with Crippen LogP contribution >= 0.6 is 0 Å². The van der Waals surface area contributed by atoms with Gasteiger partial charge in [-0.3, -0.25) is 4.79 Å². The van der Waals surface area contributed by atoms with Crippen LogP contribution in [0.4, 0.5) is 13.2 Å². The fourth-order valence-corrected chi connectivity index (χ4v) is 1.12. The van der Waals surface area contributed by atoms with Crippen LogP contribution in [-0.2, 0) is 9.53 Å². The second-order valence-electron chi connectivity index (χ2n) is 3.17. The lowest BCUT2D eigenvalue weighted by atomic mass is 10.3. The van der Waals surface area contributed by atoms with Crippen LogP contribution in [0, 0.1) is 0 Å². The number of alkyl halides is 3. The summed E-state index contributed by atoms with van der Waals surface area (Å²) in [6.45, 7) is -0.0924. The molecule has 0 unspecified atom stereocenters. The van der Waals surface area contributed by atoms with Crippen molar-refractivity contribution < 1.29 is 32.2 Å². The van der Waals surface area contributed by atoms with E-state index in [0.29, 0.717) is 0 Å². The first-order valence-electron chi connectivity index (χ1n) is 4.97. The molecule has 1 rings (SSSR count). The zero-order valence-electron chi connectivity index (χ0n) is 9.49. The normalized spacial score (nSPS) is 10.9. The number of carbonyl (C=O) groups excluding carboxylic acids is 1. The van der Waals surface area contributed by atoms with E-state index in [2.05, 4.69) is 9.47 Å². The zero-order valence-corrected chi connectivity index (χ0v) is 9.49. The Morgan fingerprint density at radius 1 is 1.22 bits per heavy atom. The maximum atomic E-state index is 12.1. The fourth-order valence-electron chi connectivity index (χ4n) is 1.12. The smallest absolute Gasteiger partial charge is 0.489 e. The average molecular weight is 264 g/mol. The minimum Gasteiger partial charge on any atom is -0.489 e. The SMILES string of the molecule is COC(=O)CCOc1ccccc1OC(F)(F)F. The van der Waals surface area contributed by atoms with Crippen LogP contribution < -0.4 is 9.47 Å². The number of hydrogen-bond donors (Lipinski definition) is 0. The molecule has 0 aliphatic carbocycles. The Morgan fingerprint density at radius 2 is 1.83 bits per heavy atom. The number of ether oxygens (including phenoxy) is 3. The summed E-state index contributed by atoms with van der Waals surface area (Å²) in [6, 6.07) is 5.32. The molecule has 0 saturated heterocycles. The quantitative estimate of drug-likeness (QED) is 0.766. The number of carbonyl (C=O) groups is 1. The molecule has 0 saturated carbocycles. The van der Waals surface area contributed by atoms with Crippen LogP contribution in [0.15, 0.2) is 24.3 Å². The molecular formula is C11H11F3O4. The van der Waals surface area contributed by atoms with Crippen molar-refractivity contribution in [1.82, 2.24) is 0 Å². The Kier molecular flexibility index (Phi) is 4.82. The van der Waals surface area contributed by atoms with Crippen LogP contribution in [-0.4, -0.2) is 26.0 Å². The molecule has 4 nitrogen and oxygen atoms in total. The van der Waals surface area contributed by atoms with Crippen molar-refractivity contribution >= 4 is 5.97 Å². The molecule has 0 bridgehead atoms. The van der Waals surface area contributed by atoms with E-state index in [1.807, 2.05) is 0 Å². The van der Waals surface area contributed by atoms with E-state index in [4.69, 9.17) is 4.74 Å². The van der Waals surface area contributed by atoms with Crippen molar-refractivity contribution in [2.45, 2.75) is 12.8 Å². The number of hydrogen-bond acceptors (Lipinski definition) is 4. The van der Waals surface area contributed by atoms with Gasteiger partial charge in [0, 0.05) is 0 Å². The van der Waals surface area contributed by atoms with Gasteiger partial charge in [0.05, 0.1) is 20.1 Å². The third-order valence-electron chi connectivity index (χ3n) is 1.87. The van der Waals surface area contributed by atoms with E-state index in [9.17, 15) is 18.0 Å². The third kappa shape index (κ3) is 4.94. The zero-order chi connectivity index (χ0) is 13.6. The molecule has 0 atom stereocenters. The lowest BCUT2D eigenvalue weighted by Gasteiger charge is -2.13. The van der Waals surface area contributed by atoms with Gasteiger partial charge in [0.1, 0.15) is 0 Å². The van der Waals surface area contributed by atoms with Crippen molar-refractivity contribution in [3.8, 4) is 11.5 Å². The van der Waals surface area contributed by atoms with Gasteiger partial charge in [-0.05, 0) is 12.1 Å². The van der Waals surface area contributed by atoms with Crippen LogP contribution in [0.5, 0.6) is 11.5 Å². The van der Waals surface area contributed by atoms with Gasteiger partial charge < -0.3 is 14.2 Å². The second kappa shape index (κ2) is 6.13. The summed E-state index contributed by atoms with van der Waals surface area (Å²) < 4.78 is 49.4. The maximum absolute atomic E-state index is 12.1. The van der Waals surface area contributed by atoms with Crippen molar-refractivity contribution in [2.75, 3.05) is 13.7 Å². The largest absolute Gasteiger partial charge is 0.573 e. The summed E-state index contributed by atoms with van der Waals surface area (Å²) in [4.78, 5) is 10.8. The van der Waals surface area contributed by atoms with Crippen LogP contribution in [0.1, 0.15) is 6.42 Å². The number of methoxy groups -OCH3 is 1. The minimum absolute atomic E-state index is 0.0587. The van der Waals surface area contributed by atoms with Gasteiger partial charge in [-0.2, -0.15) is 0 Å². The van der Waals surface area contributed by atoms with E-state index < -0.39 is 18.1 Å². The molecule has 0 radical (unpaired) electrons. The van der Waals surface area contributed by atoms with Crippen LogP contribution in [0.2, 0.25) is 0 Å². The Labute approximate surface area is 101 Å². The summed E-state index contributed by atoms with van der Waals surface area (Å²) in [6.07, 6.45) is -4.85. The van der Waals surface area contributed by atoms with Gasteiger partial charge in [0.25, 0.3) is 0 Å². The lowest BCUT2D eigenvalue weighted by molar-refractivity contribution is -0.275. The first kappa shape index (κ1) is 14.1. The first-order valence-corrected chi connectivity index (χ1v) is 4.97. The molecule has 0 spiro atoms. The molecule has 100 valence electrons. The average Bonchev–Trinajstić information content (AvgIpc) is 2.29. The minimum atomic E-state index is -4.79. The Morgan fingerprint density at radius 3 is 2.39 bits per heavy atom. The maximum Gasteiger partial charge on any atom is 0.573 e. The monoisotopic (exact) mass is 264 g/mol. The van der Waals surface area contributed by atoms with Crippen molar-refractivity contribution in [1.29, 1.82) is 0 Å². The highest BCUT2D eigenvalue weighted by Gasteiger charge is 2.32. The molecule has 0 N–H and O–H groups in total. The number of halogens is 3. The molecule has 0 aromatic heterocycles. The molecule has 0 fully saturated rings. The summed E-state index contributed by atoms with van der Waals surface area (Å²) >= 11 is 0. The topological polar surface area (TPSA) is 44.8 Å². The second-order valence-corrected chi connectivity index (χ2v) is 3.17. The first-order chi connectivity index (χ1) is 8.42. The van der Waals surface area contributed by atoms with E-state index in [1.54, 1.807) is 0 Å². The molecule has 7 heteroatoms. The molecule has 1 aromatic carbocycles. The highest BCUT2D eigenvalue weighted by atomic mass is 19.4. The number of benzene rings is 1. The van der Waals surface area contributed by atoms with E-state index in [0.717, 1.165) is 6.07 Å². The number of rotatable bonds is 5. The highest BCUT2D eigenvalue weighted by molar-refractivity contribution is 5.69. The fraction of sp³-hybridized carbons (Fsp3) is 0.364. The molecular weight excluding hydrogens is 253 g/mol. The number of esters is 1. The summed E-state index contributed by atoms with van der Waals surface area (Å²) in [5.74, 6) is -1.04. The molecule has 18 heavy (non-hydrogen) atoms. The van der Waals surface area contributed by atoms with Gasteiger partial charge in [0.2, 0.25) is 0 Å². The van der Waals surface area contributed by atoms with Crippen molar-refractivity contribution in [3.63, 3.8) is 0 Å². The Bertz CT molecular complexity index is 404. The Hall–Kier alpha value is -1.92. The van der Waals surface area contributed by atoms with Crippen LogP contribution in [0.25, 0.3) is 0 Å². The van der Waals surface area contributed by atoms with Crippen molar-refractivity contribution in [3.05, 3.63) is 24.3 Å². The van der Waals surface area contributed by atoms with Gasteiger partial charge in [-0.1, -0.05) is 12.1 Å². The third-order valence-corrected chi connectivity index (χ3v) is 1.87. The van der Waals surface area contributed by atoms with Gasteiger partial charge in [0.15, 0.2) is 11.5 Å². The summed E-state index contributed by atoms with van der Waals surface area (Å²) in [7, 11) is 1.21. The highest BCUT2D eigenvalue weighted by Crippen LogP contribution is 2.31. The predicted octanol–water partition coefficient (Wildman–Crippen LogP) is 2.53. The van der Waals surface area contributed by atoms with Gasteiger partial charge in [-0.25, -0.2) is 0 Å². The van der Waals surface area contributed by atoms with Crippen molar-refractivity contribution in [2.24, 2.45) is 0 Å². The summed E-state index contributed by atoms with van der Waals surface area (Å²) in [5, 5.41) is 0. The standard InChI is InChI=1S/C11H11F3O4/c1-16-10(15)6-7-17-8-4-2-3-5-9(8)18-11(12,13)14/h2-5H,6-7H2,1H3. The molecule has 0 aliphatic heterocycles. The molecule has 0 amide bonds. The predicted molar refractivity (Wildman–Crippen MR) is 55.3 cm³/mol. The lowest BCUT2D eigenvalue weighted by Crippen LogP contribution is -2.18. The van der Waals surface area contributed by atoms with Gasteiger partial charge >= 0.3 is 12.3 Å². The van der Waals surface area contributed by atoms with E-state index >= 15 is 0 Å². The number of para-hydroxylation sites is 2. The van der Waals surface area contributed by atoms with E-state index in [-0.39, 0.29) is 18.8 Å². The molecule has 0 aliphatic rings. The summed E-state index contributed by atoms with van der Waals surface area (Å²) in [5.41, 5.74) is 0. The molecule has 0 heterocycles. The van der Waals surface area contributed by atoms with Crippen LogP contribution in [0.3, 0.4) is 0 Å². The van der Waals surface area contributed by atoms with Gasteiger partial charge in [-0.15, -0.1) is 13.2 Å². The molecule has 1 aromatic rings. The Balaban J connectivity index is 2.62.